The normalized spacial score (nSPS) is 12.3. The van der Waals surface area contributed by atoms with Gasteiger partial charge in [0.25, 0.3) is 20.0 Å². The van der Waals surface area contributed by atoms with Crippen LogP contribution in [-0.4, -0.2) is 124 Å². The topological polar surface area (TPSA) is 257 Å². The van der Waals surface area contributed by atoms with Crippen LogP contribution < -0.4 is 0 Å². The first-order chi connectivity index (χ1) is 37.9. The average Bonchev–Trinajstić information content (AvgIpc) is 3.94. The van der Waals surface area contributed by atoms with Gasteiger partial charge in [0, 0.05) is 66.3 Å². The highest BCUT2D eigenvalue weighted by Crippen LogP contribution is 2.39. The number of ketones is 2. The van der Waals surface area contributed by atoms with E-state index in [1.54, 1.807) is 62.4 Å². The molecule has 0 fully saturated rings. The van der Waals surface area contributed by atoms with Crippen molar-refractivity contribution in [3.05, 3.63) is 178 Å². The van der Waals surface area contributed by atoms with Crippen LogP contribution >= 0.6 is 15.9 Å². The fourth-order valence-corrected chi connectivity index (χ4v) is 11.0. The molecule has 0 saturated carbocycles. The van der Waals surface area contributed by atoms with Gasteiger partial charge >= 0.3 is 0 Å². The molecule has 0 saturated heterocycles. The van der Waals surface area contributed by atoms with E-state index >= 15 is 0 Å². The van der Waals surface area contributed by atoms with Crippen molar-refractivity contribution in [2.45, 2.75) is 51.3 Å². The van der Waals surface area contributed by atoms with Crippen molar-refractivity contribution >= 4 is 104 Å². The van der Waals surface area contributed by atoms with Crippen LogP contribution in [0.2, 0.25) is 0 Å². The maximum absolute atomic E-state index is 12.8. The Kier molecular flexibility index (Phi) is 18.8. The molecule has 0 aliphatic heterocycles. The highest BCUT2D eigenvalue weighted by Gasteiger charge is 2.29. The number of hydroxylamine groups is 2. The summed E-state index contributed by atoms with van der Waals surface area (Å²) in [5, 5.41) is 33.2. The minimum atomic E-state index is -3.98. The molecule has 0 bridgehead atoms. The summed E-state index contributed by atoms with van der Waals surface area (Å²) in [7, 11) is -5.30. The van der Waals surface area contributed by atoms with Crippen molar-refractivity contribution < 1.29 is 61.0 Å². The van der Waals surface area contributed by atoms with Crippen LogP contribution in [0.3, 0.4) is 0 Å². The van der Waals surface area contributed by atoms with Crippen LogP contribution in [0, 0.1) is 13.8 Å². The third-order valence-electron chi connectivity index (χ3n) is 12.7. The predicted octanol–water partition coefficient (Wildman–Crippen LogP) is 9.87. The number of aryl methyl sites for hydroxylation is 2. The van der Waals surface area contributed by atoms with Gasteiger partial charge in [0.1, 0.15) is 0 Å². The fraction of sp³-hybridized carbons (Fsp3) is 0.207. The lowest BCUT2D eigenvalue weighted by molar-refractivity contribution is -0.0770. The van der Waals surface area contributed by atoms with E-state index in [9.17, 15) is 46.2 Å². The number of fused-ring (bicyclic) bond motifs is 2. The summed E-state index contributed by atoms with van der Waals surface area (Å²) in [5.41, 5.74) is 6.42. The molecule has 0 spiro atoms. The van der Waals surface area contributed by atoms with Crippen molar-refractivity contribution in [1.82, 2.24) is 18.1 Å². The zero-order valence-electron chi connectivity index (χ0n) is 44.8. The number of hydrogen-bond acceptors (Lipinski definition) is 15. The highest BCUT2D eigenvalue weighted by molar-refractivity contribution is 9.09. The number of rotatable bonds is 18. The Hall–Kier alpha value is -7.80. The Labute approximate surface area is 470 Å². The Morgan fingerprint density at radius 1 is 0.550 bits per heavy atom. The molecule has 2 heterocycles. The monoisotopic (exact) mass is 1190 g/mol. The minimum absolute atomic E-state index is 0.0215. The van der Waals surface area contributed by atoms with Crippen LogP contribution in [0.25, 0.3) is 21.8 Å². The zero-order valence-corrected chi connectivity index (χ0v) is 48.1. The zero-order chi connectivity index (χ0) is 58.4. The number of alkyl halides is 1. The summed E-state index contributed by atoms with van der Waals surface area (Å²) in [6, 6.07) is 36.6. The number of aliphatic imine (C=N–C) groups is 2. The van der Waals surface area contributed by atoms with Crippen molar-refractivity contribution in [1.29, 1.82) is 0 Å². The standard InChI is InChI=1S/C29H28BrN3O6S.C29H29N3O7S/c1-18-16-25-26(17-24(18)19(2)34)33(20(3)35)29(36)27(25)28(21-8-6-5-7-9-21)31-22-10-12-23(13-11-22)40(37,38)32(4)39-15-14-30;1-18-16-25-26(17-24(18)19(2)34)32(20(3)35)29(36)27(25)28(21-8-6-5-7-9-21)30-22-10-12-23(13-11-22)40(37,38)31(4)39-15-14-33/h5-13,16-17,36H,14-15H2,1-4H3;5-13,16-17,33,36H,14-15H2,1-4H3. The number of hydrogen-bond donors (Lipinski definition) is 3. The molecule has 0 atom stereocenters. The van der Waals surface area contributed by atoms with Gasteiger partial charge in [-0.15, -0.1) is 0 Å². The minimum Gasteiger partial charge on any atom is -0.494 e. The van der Waals surface area contributed by atoms with Gasteiger partial charge in [0.15, 0.2) is 11.6 Å². The smallest absolute Gasteiger partial charge is 0.264 e. The van der Waals surface area contributed by atoms with Crippen molar-refractivity contribution in [2.75, 3.05) is 39.2 Å². The second-order valence-corrected chi connectivity index (χ2v) is 22.8. The van der Waals surface area contributed by atoms with Gasteiger partial charge in [0.2, 0.25) is 23.6 Å². The third kappa shape index (κ3) is 12.5. The average molecular weight is 1190 g/mol. The van der Waals surface area contributed by atoms with Gasteiger partial charge in [0.05, 0.1) is 74.6 Å². The lowest BCUT2D eigenvalue weighted by atomic mass is 9.97. The van der Waals surface area contributed by atoms with Crippen LogP contribution in [0.5, 0.6) is 11.8 Å². The lowest BCUT2D eigenvalue weighted by Crippen LogP contribution is -2.28. The van der Waals surface area contributed by atoms with E-state index in [0.29, 0.717) is 98.9 Å². The number of halogens is 1. The number of aliphatic hydroxyl groups excluding tert-OH is 1. The quantitative estimate of drug-likeness (QED) is 0.0313. The van der Waals surface area contributed by atoms with E-state index in [-0.39, 0.29) is 52.9 Å². The maximum Gasteiger partial charge on any atom is 0.264 e. The van der Waals surface area contributed by atoms with Gasteiger partial charge in [-0.1, -0.05) is 85.5 Å². The Balaban J connectivity index is 0.000000231. The number of carbonyl (C=O) groups excluding carboxylic acids is 4. The first-order valence-electron chi connectivity index (χ1n) is 24.6. The molecule has 0 amide bonds. The van der Waals surface area contributed by atoms with Crippen molar-refractivity contribution in [3.63, 3.8) is 0 Å². The number of nitrogens with zero attached hydrogens (tertiary/aromatic N) is 6. The molecule has 416 valence electrons. The maximum atomic E-state index is 12.8. The summed E-state index contributed by atoms with van der Waals surface area (Å²) in [5.74, 6) is -1.84. The van der Waals surface area contributed by atoms with Crippen LogP contribution in [0.1, 0.15) is 91.4 Å². The Morgan fingerprint density at radius 2 is 0.900 bits per heavy atom. The summed E-state index contributed by atoms with van der Waals surface area (Å²) >= 11 is 3.20. The molecule has 19 nitrogen and oxygen atoms in total. The number of carbonyl (C=O) groups is 4. The molecular weight excluding hydrogens is 1130 g/mol. The first-order valence-corrected chi connectivity index (χ1v) is 28.6. The summed E-state index contributed by atoms with van der Waals surface area (Å²) in [4.78, 5) is 69.5. The SMILES string of the molecule is CC(=O)c1cc2c(cc1C)c(C(=Nc1ccc(S(=O)(=O)N(C)OCCBr)cc1)c1ccccc1)c(O)n2C(C)=O.CC(=O)c1cc2c(cc1C)c(C(=Nc1ccc(S(=O)(=O)N(C)OCCO)cc1)c1ccccc1)c(O)n2C(C)=O. The number of aliphatic hydroxyl groups is 1. The van der Waals surface area contributed by atoms with Gasteiger partial charge in [-0.05, 0) is 112 Å². The summed E-state index contributed by atoms with van der Waals surface area (Å²) < 4.78 is 55.0. The summed E-state index contributed by atoms with van der Waals surface area (Å²) in [6.07, 6.45) is 0. The predicted molar refractivity (Wildman–Crippen MR) is 308 cm³/mol. The van der Waals surface area contributed by atoms with E-state index in [0.717, 1.165) is 13.6 Å². The van der Waals surface area contributed by atoms with Gasteiger partial charge in [-0.25, -0.2) is 26.8 Å². The van der Waals surface area contributed by atoms with E-state index in [1.165, 1.54) is 78.2 Å². The number of benzene rings is 6. The second-order valence-electron chi connectivity index (χ2n) is 18.1. The highest BCUT2D eigenvalue weighted by atomic mass is 79.9. The third-order valence-corrected chi connectivity index (χ3v) is 16.3. The molecule has 80 heavy (non-hydrogen) atoms. The van der Waals surface area contributed by atoms with Crippen LogP contribution in [0.15, 0.2) is 153 Å². The van der Waals surface area contributed by atoms with Gasteiger partial charge < -0.3 is 15.3 Å². The molecule has 0 aliphatic rings. The number of aromatic nitrogens is 2. The van der Waals surface area contributed by atoms with E-state index in [2.05, 4.69) is 15.9 Å². The molecule has 6 aromatic carbocycles. The largest absolute Gasteiger partial charge is 0.494 e. The molecular formula is C58H57BrN6O13S2. The van der Waals surface area contributed by atoms with Gasteiger partial charge in [-0.2, -0.15) is 0 Å². The van der Waals surface area contributed by atoms with Crippen LogP contribution in [0.4, 0.5) is 11.4 Å². The van der Waals surface area contributed by atoms with E-state index in [4.69, 9.17) is 24.8 Å². The molecule has 8 rings (SSSR count). The molecule has 0 aliphatic carbocycles. The van der Waals surface area contributed by atoms with Crippen molar-refractivity contribution in [3.8, 4) is 11.8 Å². The van der Waals surface area contributed by atoms with E-state index in [1.807, 2.05) is 48.5 Å². The number of aromatic hydroxyl groups is 2. The van der Waals surface area contributed by atoms with Crippen molar-refractivity contribution in [2.24, 2.45) is 9.98 Å². The second kappa shape index (κ2) is 25.1. The Bertz CT molecular complexity index is 3710. The number of sulfonamides is 2. The van der Waals surface area contributed by atoms with Crippen LogP contribution in [-0.2, 0) is 29.7 Å². The number of Topliss-reactive ketones (excluding diaryl/α,β-unsaturated/α-hetero) is 2. The molecule has 0 radical (unpaired) electrons. The van der Waals surface area contributed by atoms with E-state index < -0.39 is 31.9 Å². The summed E-state index contributed by atoms with van der Waals surface area (Å²) in [6.45, 7) is 8.77. The lowest BCUT2D eigenvalue weighted by Gasteiger charge is -2.16. The van der Waals surface area contributed by atoms with Gasteiger partial charge in [-0.3, -0.25) is 38.0 Å². The molecule has 22 heteroatoms. The molecule has 0 unspecified atom stereocenters. The fourth-order valence-electron chi connectivity index (χ4n) is 8.85. The molecule has 2 aromatic heterocycles. The first kappa shape index (κ1) is 59.9. The molecule has 3 N–H and O–H groups in total. The Morgan fingerprint density at radius 3 is 1.21 bits per heavy atom. The molecule has 8 aromatic rings.